The first kappa shape index (κ1) is 17.4. The summed E-state index contributed by atoms with van der Waals surface area (Å²) in [6.45, 7) is 4.83. The van der Waals surface area contributed by atoms with Gasteiger partial charge in [-0.2, -0.15) is 0 Å². The number of guanidine groups is 1. The Labute approximate surface area is 125 Å². The van der Waals surface area contributed by atoms with Crippen LogP contribution < -0.4 is 10.6 Å². The molecule has 0 spiro atoms. The van der Waals surface area contributed by atoms with Crippen molar-refractivity contribution in [1.29, 1.82) is 0 Å². The van der Waals surface area contributed by atoms with Crippen molar-refractivity contribution >= 4 is 15.8 Å². The number of halogens is 1. The highest BCUT2D eigenvalue weighted by molar-refractivity contribution is 7.91. The van der Waals surface area contributed by atoms with E-state index in [-0.39, 0.29) is 17.3 Å². The second-order valence-corrected chi connectivity index (χ2v) is 6.96. The third-order valence-electron chi connectivity index (χ3n) is 2.80. The van der Waals surface area contributed by atoms with Crippen LogP contribution in [-0.2, 0) is 16.4 Å². The molecule has 7 heteroatoms. The molecule has 1 aromatic rings. The van der Waals surface area contributed by atoms with E-state index in [0.29, 0.717) is 25.6 Å². The number of benzene rings is 1. The second-order valence-electron chi connectivity index (χ2n) is 4.49. The number of hydrogen-bond acceptors (Lipinski definition) is 3. The molecule has 118 valence electrons. The summed E-state index contributed by atoms with van der Waals surface area (Å²) in [7, 11) is -3.00. The average Bonchev–Trinajstić information content (AvgIpc) is 2.45. The first-order valence-electron chi connectivity index (χ1n) is 6.94. The van der Waals surface area contributed by atoms with Gasteiger partial charge in [-0.15, -0.1) is 0 Å². The fourth-order valence-corrected chi connectivity index (χ4v) is 2.32. The molecule has 1 aromatic carbocycles. The van der Waals surface area contributed by atoms with Gasteiger partial charge < -0.3 is 10.6 Å². The Morgan fingerprint density at radius 3 is 2.67 bits per heavy atom. The minimum Gasteiger partial charge on any atom is -0.357 e. The normalized spacial score (nSPS) is 12.2. The predicted molar refractivity (Wildman–Crippen MR) is 83.5 cm³/mol. The Balaban J connectivity index is 2.57. The Morgan fingerprint density at radius 2 is 2.05 bits per heavy atom. The number of aliphatic imine (C=N–C) groups is 1. The molecule has 2 N–H and O–H groups in total. The molecular formula is C14H22FN3O2S. The van der Waals surface area contributed by atoms with Crippen molar-refractivity contribution in [3.8, 4) is 0 Å². The second kappa shape index (κ2) is 8.61. The Hall–Kier alpha value is -1.63. The standard InChI is InChI=1S/C14H22FN3O2S/c1-3-16-14(17-8-9-21(19,20)4-2)18-11-12-6-5-7-13(15)10-12/h5-7,10H,3-4,8-9,11H2,1-2H3,(H2,16,17,18). The van der Waals surface area contributed by atoms with Gasteiger partial charge >= 0.3 is 0 Å². The topological polar surface area (TPSA) is 70.6 Å². The van der Waals surface area contributed by atoms with Crippen LogP contribution in [0.2, 0.25) is 0 Å². The zero-order valence-electron chi connectivity index (χ0n) is 12.4. The van der Waals surface area contributed by atoms with Gasteiger partial charge in [0.25, 0.3) is 0 Å². The summed E-state index contributed by atoms with van der Waals surface area (Å²) in [6, 6.07) is 6.23. The first-order chi connectivity index (χ1) is 9.96. The fourth-order valence-electron chi connectivity index (χ4n) is 1.62. The van der Waals surface area contributed by atoms with Gasteiger partial charge in [0.05, 0.1) is 12.3 Å². The van der Waals surface area contributed by atoms with Crippen molar-refractivity contribution < 1.29 is 12.8 Å². The largest absolute Gasteiger partial charge is 0.357 e. The van der Waals surface area contributed by atoms with E-state index in [1.165, 1.54) is 12.1 Å². The van der Waals surface area contributed by atoms with Crippen LogP contribution in [-0.4, -0.2) is 39.0 Å². The molecule has 0 aliphatic carbocycles. The highest BCUT2D eigenvalue weighted by atomic mass is 32.2. The van der Waals surface area contributed by atoms with Gasteiger partial charge in [-0.3, -0.25) is 0 Å². The smallest absolute Gasteiger partial charge is 0.191 e. The molecule has 0 heterocycles. The Bertz CT molecular complexity index is 573. The summed E-state index contributed by atoms with van der Waals surface area (Å²) >= 11 is 0. The molecule has 0 saturated heterocycles. The van der Waals surface area contributed by atoms with E-state index in [9.17, 15) is 12.8 Å². The zero-order chi connectivity index (χ0) is 15.7. The van der Waals surface area contributed by atoms with Crippen molar-refractivity contribution in [3.63, 3.8) is 0 Å². The fraction of sp³-hybridized carbons (Fsp3) is 0.500. The minimum absolute atomic E-state index is 0.0634. The highest BCUT2D eigenvalue weighted by Crippen LogP contribution is 2.04. The van der Waals surface area contributed by atoms with Gasteiger partial charge in [-0.05, 0) is 24.6 Å². The molecule has 0 fully saturated rings. The molecule has 0 saturated carbocycles. The lowest BCUT2D eigenvalue weighted by Gasteiger charge is -2.11. The van der Waals surface area contributed by atoms with Crippen molar-refractivity contribution in [1.82, 2.24) is 10.6 Å². The van der Waals surface area contributed by atoms with Gasteiger partial charge in [0.2, 0.25) is 0 Å². The van der Waals surface area contributed by atoms with Crippen LogP contribution in [0, 0.1) is 5.82 Å². The number of nitrogens with one attached hydrogen (secondary N) is 2. The summed E-state index contributed by atoms with van der Waals surface area (Å²) < 4.78 is 35.9. The number of hydrogen-bond donors (Lipinski definition) is 2. The molecule has 0 bridgehead atoms. The summed E-state index contributed by atoms with van der Waals surface area (Å²) in [5.74, 6) is 0.419. The Morgan fingerprint density at radius 1 is 1.29 bits per heavy atom. The third kappa shape index (κ3) is 7.08. The molecule has 0 unspecified atom stereocenters. The van der Waals surface area contributed by atoms with Gasteiger partial charge in [0, 0.05) is 18.8 Å². The van der Waals surface area contributed by atoms with Gasteiger partial charge in [0.1, 0.15) is 5.82 Å². The maximum atomic E-state index is 13.1. The van der Waals surface area contributed by atoms with Crippen molar-refractivity contribution in [2.45, 2.75) is 20.4 Å². The zero-order valence-corrected chi connectivity index (χ0v) is 13.2. The van der Waals surface area contributed by atoms with Crippen LogP contribution in [0.25, 0.3) is 0 Å². The third-order valence-corrected chi connectivity index (χ3v) is 4.50. The van der Waals surface area contributed by atoms with Gasteiger partial charge in [-0.25, -0.2) is 17.8 Å². The monoisotopic (exact) mass is 315 g/mol. The minimum atomic E-state index is -3.00. The molecule has 5 nitrogen and oxygen atoms in total. The summed E-state index contributed by atoms with van der Waals surface area (Å²) in [5.41, 5.74) is 0.758. The van der Waals surface area contributed by atoms with Crippen LogP contribution in [0.5, 0.6) is 0 Å². The predicted octanol–water partition coefficient (Wildman–Crippen LogP) is 1.32. The van der Waals surface area contributed by atoms with E-state index in [1.807, 2.05) is 6.92 Å². The molecular weight excluding hydrogens is 293 g/mol. The maximum Gasteiger partial charge on any atom is 0.191 e. The van der Waals surface area contributed by atoms with Gasteiger partial charge in [0.15, 0.2) is 15.8 Å². The molecule has 0 aromatic heterocycles. The van der Waals surface area contributed by atoms with Crippen LogP contribution in [0.15, 0.2) is 29.3 Å². The first-order valence-corrected chi connectivity index (χ1v) is 8.76. The summed E-state index contributed by atoms with van der Waals surface area (Å²) in [6.07, 6.45) is 0. The molecule has 21 heavy (non-hydrogen) atoms. The number of rotatable bonds is 7. The molecule has 0 aliphatic rings. The number of nitrogens with zero attached hydrogens (tertiary/aromatic N) is 1. The quantitative estimate of drug-likeness (QED) is 0.588. The van der Waals surface area contributed by atoms with Crippen LogP contribution in [0.1, 0.15) is 19.4 Å². The highest BCUT2D eigenvalue weighted by Gasteiger charge is 2.07. The van der Waals surface area contributed by atoms with E-state index >= 15 is 0 Å². The SMILES string of the molecule is CCNC(=NCc1cccc(F)c1)NCCS(=O)(=O)CC. The van der Waals surface area contributed by atoms with Crippen molar-refractivity contribution in [2.24, 2.45) is 4.99 Å². The number of sulfone groups is 1. The average molecular weight is 315 g/mol. The summed E-state index contributed by atoms with van der Waals surface area (Å²) in [5, 5.41) is 5.98. The van der Waals surface area contributed by atoms with Crippen molar-refractivity contribution in [3.05, 3.63) is 35.6 Å². The molecule has 1 rings (SSSR count). The van der Waals surface area contributed by atoms with Crippen LogP contribution in [0.3, 0.4) is 0 Å². The van der Waals surface area contributed by atoms with Crippen LogP contribution >= 0.6 is 0 Å². The molecule has 0 radical (unpaired) electrons. The lowest BCUT2D eigenvalue weighted by atomic mass is 10.2. The van der Waals surface area contributed by atoms with E-state index in [4.69, 9.17) is 0 Å². The van der Waals surface area contributed by atoms with E-state index in [0.717, 1.165) is 5.56 Å². The van der Waals surface area contributed by atoms with E-state index in [1.54, 1.807) is 19.1 Å². The van der Waals surface area contributed by atoms with E-state index < -0.39 is 9.84 Å². The molecule has 0 amide bonds. The van der Waals surface area contributed by atoms with Crippen molar-refractivity contribution in [2.75, 3.05) is 24.6 Å². The molecule has 0 atom stereocenters. The lowest BCUT2D eigenvalue weighted by molar-refractivity contribution is 0.595. The van der Waals surface area contributed by atoms with Crippen LogP contribution in [0.4, 0.5) is 4.39 Å². The molecule has 0 aliphatic heterocycles. The van der Waals surface area contributed by atoms with Gasteiger partial charge in [-0.1, -0.05) is 19.1 Å². The maximum absolute atomic E-state index is 13.1. The lowest BCUT2D eigenvalue weighted by Crippen LogP contribution is -2.39. The van der Waals surface area contributed by atoms with E-state index in [2.05, 4.69) is 15.6 Å². The Kier molecular flexibility index (Phi) is 7.14. The summed E-state index contributed by atoms with van der Waals surface area (Å²) in [4.78, 5) is 4.30.